The standard InChI is InChI=1S/C43H86N2O2/c1-4-7-10-12-14-16-18-20-21-22-23-24-26-28-30-34-38-44-43(47)37-33-32-36-42(46)41-45(39-9-6-3)40-35-31-29-27-25-19-17-15-13-11-8-5-2/h20-21,42,46H,4-19,22-41H2,1-3H3,(H,44,47)/b21-20+. The summed E-state index contributed by atoms with van der Waals surface area (Å²) in [6.07, 6.45) is 45.1. The number of aliphatic hydroxyl groups excluding tert-OH is 1. The Labute approximate surface area is 296 Å². The van der Waals surface area contributed by atoms with E-state index in [9.17, 15) is 9.90 Å². The topological polar surface area (TPSA) is 52.6 Å². The second-order valence-electron chi connectivity index (χ2n) is 14.7. The molecular formula is C43H86N2O2. The van der Waals surface area contributed by atoms with Gasteiger partial charge in [0.25, 0.3) is 0 Å². The molecule has 47 heavy (non-hydrogen) atoms. The summed E-state index contributed by atoms with van der Waals surface area (Å²) in [6.45, 7) is 10.6. The van der Waals surface area contributed by atoms with Gasteiger partial charge in [0.1, 0.15) is 0 Å². The number of carbonyl (C=O) groups is 1. The van der Waals surface area contributed by atoms with Gasteiger partial charge in [0, 0.05) is 19.5 Å². The van der Waals surface area contributed by atoms with Crippen LogP contribution in [-0.4, -0.2) is 48.2 Å². The Kier molecular flexibility index (Phi) is 38.8. The lowest BCUT2D eigenvalue weighted by Crippen LogP contribution is -2.34. The molecule has 2 N–H and O–H groups in total. The maximum absolute atomic E-state index is 12.2. The number of hydrogen-bond acceptors (Lipinski definition) is 3. The van der Waals surface area contributed by atoms with Crippen LogP contribution >= 0.6 is 0 Å². The molecule has 1 atom stereocenters. The molecule has 1 unspecified atom stereocenters. The van der Waals surface area contributed by atoms with Crippen molar-refractivity contribution in [2.45, 2.75) is 232 Å². The highest BCUT2D eigenvalue weighted by Crippen LogP contribution is 2.14. The molecule has 0 aliphatic rings. The van der Waals surface area contributed by atoms with Gasteiger partial charge in [-0.3, -0.25) is 4.79 Å². The highest BCUT2D eigenvalue weighted by molar-refractivity contribution is 5.75. The monoisotopic (exact) mass is 663 g/mol. The van der Waals surface area contributed by atoms with Crippen LogP contribution < -0.4 is 5.32 Å². The van der Waals surface area contributed by atoms with E-state index in [4.69, 9.17) is 0 Å². The zero-order chi connectivity index (χ0) is 34.3. The van der Waals surface area contributed by atoms with Crippen molar-refractivity contribution >= 4 is 5.91 Å². The van der Waals surface area contributed by atoms with Gasteiger partial charge < -0.3 is 15.3 Å². The van der Waals surface area contributed by atoms with Crippen LogP contribution in [0.1, 0.15) is 226 Å². The van der Waals surface area contributed by atoms with Crippen LogP contribution in [0.4, 0.5) is 0 Å². The van der Waals surface area contributed by atoms with Crippen LogP contribution in [-0.2, 0) is 4.79 Å². The van der Waals surface area contributed by atoms with Crippen molar-refractivity contribution in [1.29, 1.82) is 0 Å². The molecule has 0 heterocycles. The number of rotatable bonds is 39. The van der Waals surface area contributed by atoms with Crippen molar-refractivity contribution < 1.29 is 9.90 Å². The summed E-state index contributed by atoms with van der Waals surface area (Å²) in [5.41, 5.74) is 0. The summed E-state index contributed by atoms with van der Waals surface area (Å²) < 4.78 is 0. The third kappa shape index (κ3) is 37.8. The predicted octanol–water partition coefficient (Wildman–Crippen LogP) is 12.9. The summed E-state index contributed by atoms with van der Waals surface area (Å²) in [7, 11) is 0. The van der Waals surface area contributed by atoms with Crippen molar-refractivity contribution in [2.24, 2.45) is 0 Å². The molecule has 0 aliphatic carbocycles. The third-order valence-electron chi connectivity index (χ3n) is 9.83. The SMILES string of the molecule is CCCCCCCC/C=C/CCCCCCCCNC(=O)CCCCC(O)CN(CCCC)CCCCCCCCCCCCCC. The minimum absolute atomic E-state index is 0.184. The van der Waals surface area contributed by atoms with Gasteiger partial charge >= 0.3 is 0 Å². The van der Waals surface area contributed by atoms with E-state index in [1.165, 1.54) is 173 Å². The van der Waals surface area contributed by atoms with E-state index in [-0.39, 0.29) is 12.0 Å². The Hall–Kier alpha value is -0.870. The molecule has 0 spiro atoms. The van der Waals surface area contributed by atoms with Crippen molar-refractivity contribution in [3.8, 4) is 0 Å². The van der Waals surface area contributed by atoms with Gasteiger partial charge in [-0.2, -0.15) is 0 Å². The Morgan fingerprint density at radius 1 is 0.532 bits per heavy atom. The highest BCUT2D eigenvalue weighted by atomic mass is 16.3. The van der Waals surface area contributed by atoms with Crippen LogP contribution in [0.3, 0.4) is 0 Å². The van der Waals surface area contributed by atoms with Crippen molar-refractivity contribution in [3.63, 3.8) is 0 Å². The lowest BCUT2D eigenvalue weighted by atomic mass is 10.0. The summed E-state index contributed by atoms with van der Waals surface area (Å²) in [5, 5.41) is 13.8. The van der Waals surface area contributed by atoms with Gasteiger partial charge in [0.05, 0.1) is 6.10 Å². The smallest absolute Gasteiger partial charge is 0.219 e. The van der Waals surface area contributed by atoms with Crippen LogP contribution in [0.2, 0.25) is 0 Å². The Bertz CT molecular complexity index is 637. The number of hydrogen-bond donors (Lipinski definition) is 2. The molecule has 1 amide bonds. The molecule has 0 fully saturated rings. The zero-order valence-corrected chi connectivity index (χ0v) is 32.5. The molecule has 0 aromatic heterocycles. The first-order valence-corrected chi connectivity index (χ1v) is 21.5. The minimum atomic E-state index is -0.270. The van der Waals surface area contributed by atoms with Gasteiger partial charge in [-0.15, -0.1) is 0 Å². The summed E-state index contributed by atoms with van der Waals surface area (Å²) in [6, 6.07) is 0. The van der Waals surface area contributed by atoms with Gasteiger partial charge in [-0.1, -0.05) is 174 Å². The van der Waals surface area contributed by atoms with Gasteiger partial charge in [0.2, 0.25) is 5.91 Å². The lowest BCUT2D eigenvalue weighted by Gasteiger charge is -2.25. The van der Waals surface area contributed by atoms with E-state index in [1.807, 2.05) is 0 Å². The molecular weight excluding hydrogens is 576 g/mol. The number of nitrogens with one attached hydrogen (secondary N) is 1. The molecule has 0 saturated heterocycles. The van der Waals surface area contributed by atoms with E-state index in [0.717, 1.165) is 51.9 Å². The fourth-order valence-corrected chi connectivity index (χ4v) is 6.60. The van der Waals surface area contributed by atoms with Crippen LogP contribution in [0.5, 0.6) is 0 Å². The first-order chi connectivity index (χ1) is 23.1. The number of aliphatic hydroxyl groups is 1. The molecule has 0 bridgehead atoms. The lowest BCUT2D eigenvalue weighted by molar-refractivity contribution is -0.121. The van der Waals surface area contributed by atoms with Crippen LogP contribution in [0.25, 0.3) is 0 Å². The first-order valence-electron chi connectivity index (χ1n) is 21.5. The highest BCUT2D eigenvalue weighted by Gasteiger charge is 2.12. The molecule has 4 nitrogen and oxygen atoms in total. The second kappa shape index (κ2) is 39.6. The van der Waals surface area contributed by atoms with Crippen molar-refractivity contribution in [3.05, 3.63) is 12.2 Å². The van der Waals surface area contributed by atoms with Crippen LogP contribution in [0.15, 0.2) is 12.2 Å². The second-order valence-corrected chi connectivity index (χ2v) is 14.7. The number of unbranched alkanes of at least 4 members (excludes halogenated alkanes) is 25. The quantitative estimate of drug-likeness (QED) is 0.0509. The average Bonchev–Trinajstić information content (AvgIpc) is 3.07. The Morgan fingerprint density at radius 2 is 0.957 bits per heavy atom. The average molecular weight is 663 g/mol. The summed E-state index contributed by atoms with van der Waals surface area (Å²) >= 11 is 0. The van der Waals surface area contributed by atoms with E-state index >= 15 is 0 Å². The zero-order valence-electron chi connectivity index (χ0n) is 32.5. The van der Waals surface area contributed by atoms with E-state index in [0.29, 0.717) is 6.42 Å². The first kappa shape index (κ1) is 46.1. The molecule has 280 valence electrons. The van der Waals surface area contributed by atoms with E-state index in [2.05, 4.69) is 43.1 Å². The molecule has 0 aromatic rings. The number of allylic oxidation sites excluding steroid dienone is 2. The molecule has 0 aliphatic heterocycles. The predicted molar refractivity (Wildman–Crippen MR) is 209 cm³/mol. The fourth-order valence-electron chi connectivity index (χ4n) is 6.60. The van der Waals surface area contributed by atoms with E-state index in [1.54, 1.807) is 0 Å². The fraction of sp³-hybridized carbons (Fsp3) is 0.930. The van der Waals surface area contributed by atoms with Crippen LogP contribution in [0, 0.1) is 0 Å². The summed E-state index contributed by atoms with van der Waals surface area (Å²) in [5.74, 6) is 0.184. The largest absolute Gasteiger partial charge is 0.392 e. The molecule has 4 heteroatoms. The molecule has 0 radical (unpaired) electrons. The number of nitrogens with zero attached hydrogens (tertiary/aromatic N) is 1. The summed E-state index contributed by atoms with van der Waals surface area (Å²) in [4.78, 5) is 14.7. The molecule has 0 aromatic carbocycles. The maximum Gasteiger partial charge on any atom is 0.219 e. The van der Waals surface area contributed by atoms with Crippen molar-refractivity contribution in [2.75, 3.05) is 26.2 Å². The number of amides is 1. The third-order valence-corrected chi connectivity index (χ3v) is 9.83. The van der Waals surface area contributed by atoms with Crippen molar-refractivity contribution in [1.82, 2.24) is 10.2 Å². The maximum atomic E-state index is 12.2. The minimum Gasteiger partial charge on any atom is -0.392 e. The Balaban J connectivity index is 3.65. The van der Waals surface area contributed by atoms with E-state index < -0.39 is 0 Å². The van der Waals surface area contributed by atoms with Gasteiger partial charge in [-0.25, -0.2) is 0 Å². The normalized spacial score (nSPS) is 12.4. The number of carbonyl (C=O) groups excluding carboxylic acids is 1. The molecule has 0 rings (SSSR count). The van der Waals surface area contributed by atoms with Gasteiger partial charge in [-0.05, 0) is 70.9 Å². The van der Waals surface area contributed by atoms with Gasteiger partial charge in [0.15, 0.2) is 0 Å². The Morgan fingerprint density at radius 3 is 1.47 bits per heavy atom. The molecule has 0 saturated carbocycles.